The summed E-state index contributed by atoms with van der Waals surface area (Å²) in [4.78, 5) is 5.07. The predicted molar refractivity (Wildman–Crippen MR) is 289 cm³/mol. The number of fused-ring (bicyclic) bond motifs is 15. The molecule has 0 saturated heterocycles. The molecule has 4 heterocycles. The molecule has 0 fully saturated rings. The summed E-state index contributed by atoms with van der Waals surface area (Å²) in [6, 6.07) is 63.7. The maximum atomic E-state index is 6.97. The molecule has 15 rings (SSSR count). The van der Waals surface area contributed by atoms with Crippen LogP contribution in [0.2, 0.25) is 0 Å². The summed E-state index contributed by atoms with van der Waals surface area (Å²) in [7, 11) is 0. The van der Waals surface area contributed by atoms with Crippen LogP contribution < -0.4 is 26.2 Å². The second-order valence-corrected chi connectivity index (χ2v) is 19.7. The van der Waals surface area contributed by atoms with Gasteiger partial charge >= 0.3 is 0 Å². The topological polar surface area (TPSA) is 32.8 Å². The monoisotopic (exact) mass is 870 g/mol. The Morgan fingerprint density at radius 3 is 1.56 bits per heavy atom. The maximum Gasteiger partial charge on any atom is 0.248 e. The Morgan fingerprint density at radius 1 is 0.338 bits per heavy atom. The summed E-state index contributed by atoms with van der Waals surface area (Å²) < 4.78 is 13.8. The Labute approximate surface area is 393 Å². The fourth-order valence-corrected chi connectivity index (χ4v) is 12.4. The van der Waals surface area contributed by atoms with E-state index < -0.39 is 0 Å². The summed E-state index contributed by atoms with van der Waals surface area (Å²) in [6.07, 6.45) is 0. The van der Waals surface area contributed by atoms with Crippen molar-refractivity contribution in [3.8, 4) is 0 Å². The molecule has 0 saturated carbocycles. The molecule has 5 heteroatoms. The molecule has 0 radical (unpaired) electrons. The number of aryl methyl sites for hydroxylation is 5. The average Bonchev–Trinajstić information content (AvgIpc) is 3.87. The van der Waals surface area contributed by atoms with Crippen LogP contribution in [0.5, 0.6) is 0 Å². The van der Waals surface area contributed by atoms with Crippen LogP contribution in [0.4, 0.5) is 34.1 Å². The lowest BCUT2D eigenvalue weighted by Gasteiger charge is -2.46. The van der Waals surface area contributed by atoms with E-state index in [9.17, 15) is 0 Å². The standard InChI is InChI=1S/C63H43BN2O2/c1-34-14-16-41-24-49-48-19-18-46(31-59(48)67-57(49)29-44(41)22-34)65-54-26-39-10-6-7-11-40(39)27-55(54)66-53-33-60-51(50-25-42-17-15-35(2)23-45(42)30-58(50)68-60)32-52(53)64(61-37(4)20-36(3)21-38(61)5)62-47-13-9-8-12-43(47)28-56(65)63(62)66/h6-33H,1-5H3. The molecule has 320 valence electrons. The van der Waals surface area contributed by atoms with Crippen LogP contribution >= 0.6 is 0 Å². The van der Waals surface area contributed by atoms with Crippen molar-refractivity contribution in [3.63, 3.8) is 0 Å². The molecule has 0 atom stereocenters. The second kappa shape index (κ2) is 13.4. The predicted octanol–water partition coefficient (Wildman–Crippen LogP) is 15.7. The van der Waals surface area contributed by atoms with E-state index in [0.29, 0.717) is 0 Å². The highest BCUT2D eigenvalue weighted by Gasteiger charge is 2.44. The maximum absolute atomic E-state index is 6.97. The third kappa shape index (κ3) is 5.21. The zero-order valence-corrected chi connectivity index (χ0v) is 38.5. The Kier molecular flexibility index (Phi) is 7.48. The van der Waals surface area contributed by atoms with E-state index in [1.807, 2.05) is 0 Å². The molecule has 4 nitrogen and oxygen atoms in total. The number of hydrogen-bond donors (Lipinski definition) is 0. The first-order valence-electron chi connectivity index (χ1n) is 23.7. The highest BCUT2D eigenvalue weighted by molar-refractivity contribution is 7.00. The summed E-state index contributed by atoms with van der Waals surface area (Å²) in [5.74, 6) is 0. The lowest BCUT2D eigenvalue weighted by atomic mass is 9.33. The highest BCUT2D eigenvalue weighted by Crippen LogP contribution is 2.57. The SMILES string of the molecule is Cc1cc(C)c(B2c3cc4c(cc3N3c5cc6ccccc6cc5N(c5ccc6c(c5)oc5cc7cc(C)ccc7cc56)c5cc6ccccc6c2c53)oc2cc3cc(C)ccc3cc24)c(C)c1. The fourth-order valence-electron chi connectivity index (χ4n) is 12.4. The van der Waals surface area contributed by atoms with Crippen LogP contribution in [-0.4, -0.2) is 6.71 Å². The van der Waals surface area contributed by atoms with Crippen molar-refractivity contribution in [3.05, 3.63) is 198 Å². The van der Waals surface area contributed by atoms with Crippen LogP contribution in [0.15, 0.2) is 179 Å². The summed E-state index contributed by atoms with van der Waals surface area (Å²) >= 11 is 0. The smallest absolute Gasteiger partial charge is 0.248 e. The molecule has 2 aromatic heterocycles. The van der Waals surface area contributed by atoms with E-state index in [1.165, 1.54) is 93.0 Å². The van der Waals surface area contributed by atoms with Crippen LogP contribution in [0, 0.1) is 34.6 Å². The Hall–Kier alpha value is -8.28. The van der Waals surface area contributed by atoms with Crippen molar-refractivity contribution in [2.75, 3.05) is 9.80 Å². The van der Waals surface area contributed by atoms with Crippen molar-refractivity contribution in [2.24, 2.45) is 0 Å². The van der Waals surface area contributed by atoms with Crippen molar-refractivity contribution < 1.29 is 8.83 Å². The summed E-state index contributed by atoms with van der Waals surface area (Å²) in [6.45, 7) is 11.0. The van der Waals surface area contributed by atoms with Gasteiger partial charge in [0.25, 0.3) is 0 Å². The summed E-state index contributed by atoms with van der Waals surface area (Å²) in [5.41, 5.74) is 20.6. The number of furan rings is 2. The molecule has 0 bridgehead atoms. The van der Waals surface area contributed by atoms with Crippen LogP contribution in [-0.2, 0) is 0 Å². The van der Waals surface area contributed by atoms with Gasteiger partial charge in [0.1, 0.15) is 22.3 Å². The molecule has 11 aromatic carbocycles. The third-order valence-corrected chi connectivity index (χ3v) is 15.3. The number of anilines is 6. The van der Waals surface area contributed by atoms with Gasteiger partial charge in [0, 0.05) is 39.4 Å². The van der Waals surface area contributed by atoms with Gasteiger partial charge in [-0.3, -0.25) is 0 Å². The number of hydrogen-bond acceptors (Lipinski definition) is 4. The van der Waals surface area contributed by atoms with Crippen molar-refractivity contribution in [2.45, 2.75) is 34.6 Å². The Morgan fingerprint density at radius 2 is 0.882 bits per heavy atom. The lowest BCUT2D eigenvalue weighted by Crippen LogP contribution is -2.59. The second-order valence-electron chi connectivity index (χ2n) is 19.7. The van der Waals surface area contributed by atoms with E-state index in [0.717, 1.165) is 72.3 Å². The number of benzene rings is 11. The van der Waals surface area contributed by atoms with Gasteiger partial charge in [0.2, 0.25) is 6.71 Å². The molecule has 0 unspecified atom stereocenters. The van der Waals surface area contributed by atoms with Crippen LogP contribution in [0.1, 0.15) is 27.8 Å². The van der Waals surface area contributed by atoms with E-state index in [4.69, 9.17) is 8.83 Å². The van der Waals surface area contributed by atoms with Crippen molar-refractivity contribution in [1.29, 1.82) is 0 Å². The third-order valence-electron chi connectivity index (χ3n) is 15.3. The molecule has 13 aromatic rings. The van der Waals surface area contributed by atoms with Gasteiger partial charge in [-0.25, -0.2) is 0 Å². The minimum Gasteiger partial charge on any atom is -0.456 e. The first kappa shape index (κ1) is 37.9. The van der Waals surface area contributed by atoms with Gasteiger partial charge in [0.15, 0.2) is 0 Å². The van der Waals surface area contributed by atoms with Crippen LogP contribution in [0.3, 0.4) is 0 Å². The average molecular weight is 871 g/mol. The van der Waals surface area contributed by atoms with Gasteiger partial charge in [-0.15, -0.1) is 0 Å². The van der Waals surface area contributed by atoms with E-state index in [1.54, 1.807) is 0 Å². The fraction of sp³-hybridized carbons (Fsp3) is 0.0794. The molecule has 2 aliphatic heterocycles. The molecule has 0 spiro atoms. The van der Waals surface area contributed by atoms with Crippen LogP contribution in [0.25, 0.3) is 87.0 Å². The molecule has 0 amide bonds. The quantitative estimate of drug-likeness (QED) is 0.162. The minimum atomic E-state index is -0.0846. The lowest BCUT2D eigenvalue weighted by molar-refractivity contribution is 0.669. The van der Waals surface area contributed by atoms with Gasteiger partial charge in [0.05, 0.1) is 28.4 Å². The van der Waals surface area contributed by atoms with Crippen molar-refractivity contribution >= 4 is 144 Å². The summed E-state index contributed by atoms with van der Waals surface area (Å²) in [5, 5.41) is 14.2. The normalized spacial score (nSPS) is 13.3. The first-order valence-corrected chi connectivity index (χ1v) is 23.7. The zero-order valence-electron chi connectivity index (χ0n) is 38.5. The Bertz CT molecular complexity index is 4400. The number of rotatable bonds is 2. The van der Waals surface area contributed by atoms with Gasteiger partial charge < -0.3 is 18.6 Å². The molecule has 2 aliphatic rings. The molecular formula is C63H43BN2O2. The molecule has 68 heavy (non-hydrogen) atoms. The highest BCUT2D eigenvalue weighted by atomic mass is 16.3. The first-order chi connectivity index (χ1) is 33.2. The molecule has 0 N–H and O–H groups in total. The Balaban J connectivity index is 1.07. The molecular weight excluding hydrogens is 828 g/mol. The van der Waals surface area contributed by atoms with E-state index in [2.05, 4.69) is 214 Å². The molecule has 0 aliphatic carbocycles. The van der Waals surface area contributed by atoms with Gasteiger partial charge in [-0.05, 0) is 143 Å². The largest absolute Gasteiger partial charge is 0.456 e. The van der Waals surface area contributed by atoms with Gasteiger partial charge in [-0.2, -0.15) is 0 Å². The van der Waals surface area contributed by atoms with Crippen molar-refractivity contribution in [1.82, 2.24) is 0 Å². The van der Waals surface area contributed by atoms with E-state index >= 15 is 0 Å². The van der Waals surface area contributed by atoms with Gasteiger partial charge in [-0.1, -0.05) is 136 Å². The minimum absolute atomic E-state index is 0.0846. The van der Waals surface area contributed by atoms with E-state index in [-0.39, 0.29) is 6.71 Å². The number of nitrogens with zero attached hydrogens (tertiary/aromatic N) is 2. The zero-order chi connectivity index (χ0) is 45.3.